The van der Waals surface area contributed by atoms with Gasteiger partial charge >= 0.3 is 0 Å². The molecule has 0 saturated carbocycles. The first-order chi connectivity index (χ1) is 11.2. The second kappa shape index (κ2) is 7.82. The molecular formula is C19H23ClN2O. The lowest BCUT2D eigenvalue weighted by molar-refractivity contribution is 0.122. The molecule has 23 heavy (non-hydrogen) atoms. The number of piperazine rings is 1. The lowest BCUT2D eigenvalue weighted by atomic mass is 10.1. The average molecular weight is 331 g/mol. The molecule has 1 fully saturated rings. The van der Waals surface area contributed by atoms with Gasteiger partial charge in [-0.15, -0.1) is 0 Å². The standard InChI is InChI=1S/C19H23ClN2O/c1-23-19-8-4-17(5-9-19)15-22-12-10-21(11-13-22)14-16-2-6-18(20)7-3-16/h2-9H,10-15H2,1H3. The fraction of sp³-hybridized carbons (Fsp3) is 0.368. The van der Waals surface area contributed by atoms with Crippen LogP contribution in [0, 0.1) is 0 Å². The van der Waals surface area contributed by atoms with Gasteiger partial charge in [0.05, 0.1) is 7.11 Å². The Morgan fingerprint density at radius 3 is 1.65 bits per heavy atom. The molecule has 3 rings (SSSR count). The lowest BCUT2D eigenvalue weighted by Crippen LogP contribution is -2.45. The Labute approximate surface area is 143 Å². The van der Waals surface area contributed by atoms with Crippen molar-refractivity contribution in [3.05, 3.63) is 64.7 Å². The van der Waals surface area contributed by atoms with Crippen molar-refractivity contribution in [2.24, 2.45) is 0 Å². The van der Waals surface area contributed by atoms with Crippen LogP contribution >= 0.6 is 11.6 Å². The van der Waals surface area contributed by atoms with Crippen molar-refractivity contribution in [1.29, 1.82) is 0 Å². The van der Waals surface area contributed by atoms with Crippen LogP contribution in [0.25, 0.3) is 0 Å². The van der Waals surface area contributed by atoms with Crippen LogP contribution in [-0.4, -0.2) is 43.1 Å². The van der Waals surface area contributed by atoms with Crippen molar-refractivity contribution in [3.8, 4) is 5.75 Å². The van der Waals surface area contributed by atoms with Crippen molar-refractivity contribution < 1.29 is 4.74 Å². The first kappa shape index (κ1) is 16.3. The van der Waals surface area contributed by atoms with Crippen LogP contribution in [0.4, 0.5) is 0 Å². The van der Waals surface area contributed by atoms with E-state index in [4.69, 9.17) is 16.3 Å². The molecule has 0 spiro atoms. The summed E-state index contributed by atoms with van der Waals surface area (Å²) in [5.74, 6) is 0.918. The average Bonchev–Trinajstić information content (AvgIpc) is 2.59. The van der Waals surface area contributed by atoms with E-state index in [-0.39, 0.29) is 0 Å². The van der Waals surface area contributed by atoms with Crippen LogP contribution in [0.2, 0.25) is 5.02 Å². The summed E-state index contributed by atoms with van der Waals surface area (Å²) in [5, 5.41) is 0.804. The summed E-state index contributed by atoms with van der Waals surface area (Å²) in [6.45, 7) is 6.46. The molecule has 1 saturated heterocycles. The van der Waals surface area contributed by atoms with Gasteiger partial charge in [-0.05, 0) is 35.4 Å². The molecule has 2 aromatic carbocycles. The molecule has 1 heterocycles. The predicted octanol–water partition coefficient (Wildman–Crippen LogP) is 3.67. The third-order valence-electron chi connectivity index (χ3n) is 4.35. The Hall–Kier alpha value is -1.55. The van der Waals surface area contributed by atoms with Gasteiger partial charge in [0, 0.05) is 44.3 Å². The molecule has 0 N–H and O–H groups in total. The van der Waals surface area contributed by atoms with Crippen LogP contribution in [0.1, 0.15) is 11.1 Å². The van der Waals surface area contributed by atoms with Gasteiger partial charge in [0.15, 0.2) is 0 Å². The van der Waals surface area contributed by atoms with Gasteiger partial charge in [0.2, 0.25) is 0 Å². The zero-order chi connectivity index (χ0) is 16.1. The smallest absolute Gasteiger partial charge is 0.118 e. The van der Waals surface area contributed by atoms with Crippen LogP contribution < -0.4 is 4.74 Å². The fourth-order valence-electron chi connectivity index (χ4n) is 2.94. The molecule has 0 amide bonds. The summed E-state index contributed by atoms with van der Waals surface area (Å²) in [6, 6.07) is 16.5. The third-order valence-corrected chi connectivity index (χ3v) is 4.60. The van der Waals surface area contributed by atoms with Gasteiger partial charge in [0.1, 0.15) is 5.75 Å². The van der Waals surface area contributed by atoms with Crippen molar-refractivity contribution >= 4 is 11.6 Å². The number of hydrogen-bond donors (Lipinski definition) is 0. The first-order valence-corrected chi connectivity index (χ1v) is 8.43. The normalized spacial score (nSPS) is 16.4. The van der Waals surface area contributed by atoms with Crippen molar-refractivity contribution in [1.82, 2.24) is 9.80 Å². The maximum Gasteiger partial charge on any atom is 0.118 e. The lowest BCUT2D eigenvalue weighted by Gasteiger charge is -2.34. The highest BCUT2D eigenvalue weighted by atomic mass is 35.5. The number of benzene rings is 2. The Morgan fingerprint density at radius 2 is 1.22 bits per heavy atom. The zero-order valence-electron chi connectivity index (χ0n) is 13.5. The summed E-state index contributed by atoms with van der Waals surface area (Å²) < 4.78 is 5.21. The monoisotopic (exact) mass is 330 g/mol. The summed E-state index contributed by atoms with van der Waals surface area (Å²) in [7, 11) is 1.70. The zero-order valence-corrected chi connectivity index (χ0v) is 14.3. The molecule has 0 aliphatic carbocycles. The number of nitrogens with zero attached hydrogens (tertiary/aromatic N) is 2. The van der Waals surface area contributed by atoms with E-state index in [9.17, 15) is 0 Å². The summed E-state index contributed by atoms with van der Waals surface area (Å²) >= 11 is 5.94. The molecule has 3 nitrogen and oxygen atoms in total. The van der Waals surface area contributed by atoms with E-state index in [1.165, 1.54) is 11.1 Å². The third kappa shape index (κ3) is 4.71. The molecule has 0 unspecified atom stereocenters. The van der Waals surface area contributed by atoms with Gasteiger partial charge in [-0.3, -0.25) is 9.80 Å². The second-order valence-corrected chi connectivity index (χ2v) is 6.46. The second-order valence-electron chi connectivity index (χ2n) is 6.03. The van der Waals surface area contributed by atoms with Gasteiger partial charge in [-0.25, -0.2) is 0 Å². The number of halogens is 1. The Balaban J connectivity index is 1.47. The van der Waals surface area contributed by atoms with Crippen molar-refractivity contribution in [2.45, 2.75) is 13.1 Å². The largest absolute Gasteiger partial charge is 0.497 e. The predicted molar refractivity (Wildman–Crippen MR) is 95.0 cm³/mol. The quantitative estimate of drug-likeness (QED) is 0.832. The number of ether oxygens (including phenoxy) is 1. The highest BCUT2D eigenvalue weighted by Crippen LogP contribution is 2.16. The highest BCUT2D eigenvalue weighted by Gasteiger charge is 2.17. The van der Waals surface area contributed by atoms with Crippen molar-refractivity contribution in [3.63, 3.8) is 0 Å². The van der Waals surface area contributed by atoms with Gasteiger partial charge < -0.3 is 4.74 Å². The fourth-order valence-corrected chi connectivity index (χ4v) is 3.07. The molecule has 4 heteroatoms. The van der Waals surface area contributed by atoms with E-state index in [0.29, 0.717) is 0 Å². The topological polar surface area (TPSA) is 15.7 Å². The van der Waals surface area contributed by atoms with E-state index in [1.807, 2.05) is 24.3 Å². The maximum absolute atomic E-state index is 5.94. The minimum Gasteiger partial charge on any atom is -0.497 e. The molecular weight excluding hydrogens is 308 g/mol. The van der Waals surface area contributed by atoms with E-state index in [0.717, 1.165) is 50.0 Å². The van der Waals surface area contributed by atoms with Gasteiger partial charge in [-0.1, -0.05) is 35.9 Å². The molecule has 0 aromatic heterocycles. The molecule has 2 aromatic rings. The van der Waals surface area contributed by atoms with Crippen LogP contribution in [0.3, 0.4) is 0 Å². The van der Waals surface area contributed by atoms with Crippen molar-refractivity contribution in [2.75, 3.05) is 33.3 Å². The van der Waals surface area contributed by atoms with E-state index in [2.05, 4.69) is 34.1 Å². The van der Waals surface area contributed by atoms with Gasteiger partial charge in [0.25, 0.3) is 0 Å². The van der Waals surface area contributed by atoms with Crippen LogP contribution in [0.15, 0.2) is 48.5 Å². The number of methoxy groups -OCH3 is 1. The molecule has 1 aliphatic rings. The van der Waals surface area contributed by atoms with E-state index in [1.54, 1.807) is 7.11 Å². The van der Waals surface area contributed by atoms with Crippen LogP contribution in [0.5, 0.6) is 5.75 Å². The minimum absolute atomic E-state index is 0.804. The Morgan fingerprint density at radius 1 is 0.783 bits per heavy atom. The number of rotatable bonds is 5. The molecule has 0 atom stereocenters. The van der Waals surface area contributed by atoms with E-state index < -0.39 is 0 Å². The SMILES string of the molecule is COc1ccc(CN2CCN(Cc3ccc(Cl)cc3)CC2)cc1. The highest BCUT2D eigenvalue weighted by molar-refractivity contribution is 6.30. The van der Waals surface area contributed by atoms with Gasteiger partial charge in [-0.2, -0.15) is 0 Å². The minimum atomic E-state index is 0.804. The van der Waals surface area contributed by atoms with Crippen LogP contribution in [-0.2, 0) is 13.1 Å². The van der Waals surface area contributed by atoms with E-state index >= 15 is 0 Å². The summed E-state index contributed by atoms with van der Waals surface area (Å²) in [6.07, 6.45) is 0. The molecule has 122 valence electrons. The Bertz CT molecular complexity index is 604. The first-order valence-electron chi connectivity index (χ1n) is 8.05. The summed E-state index contributed by atoms with van der Waals surface area (Å²) in [4.78, 5) is 5.02. The number of hydrogen-bond acceptors (Lipinski definition) is 3. The Kier molecular flexibility index (Phi) is 5.55. The summed E-state index contributed by atoms with van der Waals surface area (Å²) in [5.41, 5.74) is 2.68. The maximum atomic E-state index is 5.94. The molecule has 0 bridgehead atoms. The molecule has 1 aliphatic heterocycles. The molecule has 0 radical (unpaired) electrons.